The summed E-state index contributed by atoms with van der Waals surface area (Å²) in [7, 11) is 0. The van der Waals surface area contributed by atoms with Gasteiger partial charge in [0, 0.05) is 22.6 Å². The maximum atomic E-state index is 11.8. The fraction of sp³-hybridized carbons (Fsp3) is 0.417. The molecule has 0 saturated carbocycles. The van der Waals surface area contributed by atoms with Gasteiger partial charge in [-0.3, -0.25) is 4.79 Å². The third-order valence-corrected chi connectivity index (χ3v) is 4.17. The van der Waals surface area contributed by atoms with Gasteiger partial charge in [-0.2, -0.15) is 0 Å². The van der Waals surface area contributed by atoms with Crippen molar-refractivity contribution in [1.82, 2.24) is 0 Å². The van der Waals surface area contributed by atoms with Gasteiger partial charge in [-0.15, -0.1) is 11.8 Å². The van der Waals surface area contributed by atoms with Crippen LogP contribution in [0.2, 0.25) is 0 Å². The molecule has 1 aromatic carbocycles. The van der Waals surface area contributed by atoms with Crippen molar-refractivity contribution < 1.29 is 4.79 Å². The summed E-state index contributed by atoms with van der Waals surface area (Å²) in [5.41, 5.74) is 3.84. The van der Waals surface area contributed by atoms with E-state index in [1.807, 2.05) is 11.8 Å². The number of carbonyl (C=O) groups excluding carboxylic acids is 1. The molecule has 0 bridgehead atoms. The molecular formula is C12H12OS. The molecular weight excluding hydrogens is 192 g/mol. The summed E-state index contributed by atoms with van der Waals surface area (Å²) in [6.45, 7) is 0. The van der Waals surface area contributed by atoms with Gasteiger partial charge in [0.25, 0.3) is 0 Å². The van der Waals surface area contributed by atoms with Crippen LogP contribution in [0.5, 0.6) is 0 Å². The van der Waals surface area contributed by atoms with Gasteiger partial charge in [0.1, 0.15) is 0 Å². The Morgan fingerprint density at radius 2 is 2.07 bits per heavy atom. The number of hydrogen-bond acceptors (Lipinski definition) is 2. The van der Waals surface area contributed by atoms with Crippen LogP contribution in [0.25, 0.3) is 0 Å². The van der Waals surface area contributed by atoms with Crippen molar-refractivity contribution in [1.29, 1.82) is 0 Å². The Kier molecular flexibility index (Phi) is 1.91. The lowest BCUT2D eigenvalue weighted by Gasteiger charge is -2.17. The second-order valence-corrected chi connectivity index (χ2v) is 5.09. The Bertz CT molecular complexity index is 409. The third-order valence-electron chi connectivity index (χ3n) is 3.11. The van der Waals surface area contributed by atoms with Gasteiger partial charge < -0.3 is 0 Å². The highest BCUT2D eigenvalue weighted by atomic mass is 32.2. The Morgan fingerprint density at radius 1 is 1.14 bits per heavy atom. The number of rotatable bonds is 0. The summed E-state index contributed by atoms with van der Waals surface area (Å²) < 4.78 is 0. The summed E-state index contributed by atoms with van der Waals surface area (Å²) in [6, 6.07) is 4.36. The van der Waals surface area contributed by atoms with E-state index in [0.29, 0.717) is 5.78 Å². The van der Waals surface area contributed by atoms with Crippen LogP contribution in [0.4, 0.5) is 0 Å². The van der Waals surface area contributed by atoms with E-state index in [2.05, 4.69) is 12.1 Å². The van der Waals surface area contributed by atoms with Crippen molar-refractivity contribution >= 4 is 17.5 Å². The highest BCUT2D eigenvalue weighted by molar-refractivity contribution is 7.99. The Balaban J connectivity index is 2.24. The molecule has 1 aromatic rings. The van der Waals surface area contributed by atoms with E-state index >= 15 is 0 Å². The molecule has 2 aliphatic rings. The van der Waals surface area contributed by atoms with Crippen molar-refractivity contribution in [2.24, 2.45) is 0 Å². The molecule has 0 spiro atoms. The van der Waals surface area contributed by atoms with E-state index < -0.39 is 0 Å². The molecule has 0 aromatic heterocycles. The molecule has 0 atom stereocenters. The zero-order chi connectivity index (χ0) is 9.54. The molecule has 3 rings (SSSR count). The van der Waals surface area contributed by atoms with Crippen LogP contribution < -0.4 is 0 Å². The van der Waals surface area contributed by atoms with Gasteiger partial charge in [-0.25, -0.2) is 0 Å². The van der Waals surface area contributed by atoms with E-state index in [1.165, 1.54) is 28.9 Å². The standard InChI is InChI=1S/C12H12OS/c13-10-6-7-14-11-5-4-8-2-1-3-9(8)12(10)11/h4-5H,1-3,6-7H2. The van der Waals surface area contributed by atoms with Crippen LogP contribution in [0.15, 0.2) is 17.0 Å². The van der Waals surface area contributed by atoms with Crippen molar-refractivity contribution in [3.05, 3.63) is 28.8 Å². The number of ketones is 1. The van der Waals surface area contributed by atoms with Gasteiger partial charge >= 0.3 is 0 Å². The maximum absolute atomic E-state index is 11.8. The summed E-state index contributed by atoms with van der Waals surface area (Å²) in [6.07, 6.45) is 4.24. The van der Waals surface area contributed by atoms with Crippen molar-refractivity contribution in [2.75, 3.05) is 5.75 Å². The van der Waals surface area contributed by atoms with Gasteiger partial charge in [0.2, 0.25) is 0 Å². The van der Waals surface area contributed by atoms with Crippen LogP contribution in [0, 0.1) is 0 Å². The number of hydrogen-bond donors (Lipinski definition) is 0. The van der Waals surface area contributed by atoms with E-state index in [4.69, 9.17) is 0 Å². The summed E-state index contributed by atoms with van der Waals surface area (Å²) in [4.78, 5) is 13.1. The minimum absolute atomic E-state index is 0.373. The molecule has 14 heavy (non-hydrogen) atoms. The summed E-state index contributed by atoms with van der Waals surface area (Å²) in [5.74, 6) is 1.34. The lowest BCUT2D eigenvalue weighted by Crippen LogP contribution is -2.11. The van der Waals surface area contributed by atoms with Crippen LogP contribution in [-0.4, -0.2) is 11.5 Å². The average Bonchev–Trinajstić information content (AvgIpc) is 2.65. The first kappa shape index (κ1) is 8.54. The average molecular weight is 204 g/mol. The molecule has 1 heterocycles. The second kappa shape index (κ2) is 3.13. The monoisotopic (exact) mass is 204 g/mol. The van der Waals surface area contributed by atoms with Gasteiger partial charge in [0.15, 0.2) is 5.78 Å². The molecule has 0 N–H and O–H groups in total. The Labute approximate surface area is 87.9 Å². The zero-order valence-corrected chi connectivity index (χ0v) is 8.82. The topological polar surface area (TPSA) is 17.1 Å². The quantitative estimate of drug-likeness (QED) is 0.646. The number of Topliss-reactive ketones (excluding diaryl/α,β-unsaturated/α-hetero) is 1. The Morgan fingerprint density at radius 3 is 3.00 bits per heavy atom. The van der Waals surface area contributed by atoms with Gasteiger partial charge in [-0.05, 0) is 36.5 Å². The van der Waals surface area contributed by atoms with E-state index in [1.54, 1.807) is 0 Å². The molecule has 72 valence electrons. The van der Waals surface area contributed by atoms with Crippen molar-refractivity contribution in [2.45, 2.75) is 30.6 Å². The van der Waals surface area contributed by atoms with Gasteiger partial charge in [-0.1, -0.05) is 6.07 Å². The zero-order valence-electron chi connectivity index (χ0n) is 8.01. The van der Waals surface area contributed by atoms with Crippen LogP contribution in [0.3, 0.4) is 0 Å². The number of benzene rings is 1. The molecule has 2 heteroatoms. The number of thioether (sulfide) groups is 1. The lowest BCUT2D eigenvalue weighted by molar-refractivity contribution is 0.0984. The van der Waals surface area contributed by atoms with Crippen LogP contribution >= 0.6 is 11.8 Å². The van der Waals surface area contributed by atoms with Crippen molar-refractivity contribution in [3.63, 3.8) is 0 Å². The highest BCUT2D eigenvalue weighted by Crippen LogP contribution is 2.36. The first-order chi connectivity index (χ1) is 6.86. The number of carbonyl (C=O) groups is 1. The summed E-state index contributed by atoms with van der Waals surface area (Å²) >= 11 is 1.84. The summed E-state index contributed by atoms with van der Waals surface area (Å²) in [5, 5.41) is 0. The second-order valence-electron chi connectivity index (χ2n) is 3.95. The van der Waals surface area contributed by atoms with E-state index in [-0.39, 0.29) is 0 Å². The third kappa shape index (κ3) is 1.13. The van der Waals surface area contributed by atoms with Crippen LogP contribution in [0.1, 0.15) is 34.3 Å². The molecule has 1 nitrogen and oxygen atoms in total. The van der Waals surface area contributed by atoms with Crippen molar-refractivity contribution in [3.8, 4) is 0 Å². The Hall–Kier alpha value is -0.760. The number of aryl methyl sites for hydroxylation is 1. The number of fused-ring (bicyclic) bond motifs is 3. The highest BCUT2D eigenvalue weighted by Gasteiger charge is 2.25. The van der Waals surface area contributed by atoms with E-state index in [9.17, 15) is 4.79 Å². The van der Waals surface area contributed by atoms with Gasteiger partial charge in [0.05, 0.1) is 0 Å². The fourth-order valence-corrected chi connectivity index (χ4v) is 3.50. The molecule has 0 saturated heterocycles. The smallest absolute Gasteiger partial charge is 0.165 e. The normalized spacial score (nSPS) is 19.3. The first-order valence-corrected chi connectivity index (χ1v) is 6.15. The SMILES string of the molecule is O=C1CCSc2ccc3c(c21)CCC3. The van der Waals surface area contributed by atoms with E-state index in [0.717, 1.165) is 24.2 Å². The molecule has 0 radical (unpaired) electrons. The fourth-order valence-electron chi connectivity index (χ4n) is 2.45. The minimum Gasteiger partial charge on any atom is -0.294 e. The molecule has 1 aliphatic heterocycles. The molecule has 0 amide bonds. The minimum atomic E-state index is 0.373. The van der Waals surface area contributed by atoms with Crippen LogP contribution in [-0.2, 0) is 12.8 Å². The largest absolute Gasteiger partial charge is 0.294 e. The lowest BCUT2D eigenvalue weighted by atomic mass is 9.98. The molecule has 1 aliphatic carbocycles. The first-order valence-electron chi connectivity index (χ1n) is 5.17. The maximum Gasteiger partial charge on any atom is 0.165 e. The predicted octanol–water partition coefficient (Wildman–Crippen LogP) is 2.85. The molecule has 0 fully saturated rings. The molecule has 0 unspecified atom stereocenters. The predicted molar refractivity (Wildman–Crippen MR) is 58.1 cm³/mol.